The zero-order valence-corrected chi connectivity index (χ0v) is 13.1. The molecule has 1 aromatic carbocycles. The summed E-state index contributed by atoms with van der Waals surface area (Å²) < 4.78 is 0. The summed E-state index contributed by atoms with van der Waals surface area (Å²) in [6.45, 7) is 2.18. The van der Waals surface area contributed by atoms with Crippen molar-refractivity contribution in [3.8, 4) is 0 Å². The van der Waals surface area contributed by atoms with Crippen molar-refractivity contribution in [2.75, 3.05) is 39.5 Å². The molecule has 0 saturated carbocycles. The highest BCUT2D eigenvalue weighted by Crippen LogP contribution is 2.23. The molecule has 2 rings (SSSR count). The molecule has 0 aliphatic carbocycles. The molecule has 20 heavy (non-hydrogen) atoms. The molecule has 1 fully saturated rings. The van der Waals surface area contributed by atoms with Crippen LogP contribution >= 0.6 is 11.6 Å². The van der Waals surface area contributed by atoms with Crippen LogP contribution < -0.4 is 5.32 Å². The molecular formula is C15H22ClN3O. The van der Waals surface area contributed by atoms with Gasteiger partial charge in [0, 0.05) is 32.4 Å². The highest BCUT2D eigenvalue weighted by Gasteiger charge is 2.18. The predicted octanol–water partition coefficient (Wildman–Crippen LogP) is 2.55. The Kier molecular flexibility index (Phi) is 4.89. The van der Waals surface area contributed by atoms with Gasteiger partial charge in [-0.15, -0.1) is 0 Å². The lowest BCUT2D eigenvalue weighted by molar-refractivity contribution is 0.0828. The number of nitrogens with one attached hydrogen (secondary N) is 1. The van der Waals surface area contributed by atoms with Gasteiger partial charge in [-0.2, -0.15) is 0 Å². The predicted molar refractivity (Wildman–Crippen MR) is 83.6 cm³/mol. The van der Waals surface area contributed by atoms with E-state index >= 15 is 0 Å². The van der Waals surface area contributed by atoms with Crippen LogP contribution in [0.2, 0.25) is 5.02 Å². The normalized spacial score (nSPS) is 19.7. The van der Waals surface area contributed by atoms with Crippen LogP contribution in [0.1, 0.15) is 23.2 Å². The number of anilines is 1. The molecule has 1 amide bonds. The Morgan fingerprint density at radius 2 is 2.20 bits per heavy atom. The molecule has 0 spiro atoms. The molecule has 1 aliphatic rings. The van der Waals surface area contributed by atoms with Crippen LogP contribution in [0.4, 0.5) is 5.69 Å². The van der Waals surface area contributed by atoms with Gasteiger partial charge in [-0.1, -0.05) is 11.6 Å². The van der Waals surface area contributed by atoms with Crippen LogP contribution in [0.25, 0.3) is 0 Å². The smallest absolute Gasteiger partial charge is 0.254 e. The summed E-state index contributed by atoms with van der Waals surface area (Å²) in [4.78, 5) is 15.9. The van der Waals surface area contributed by atoms with E-state index in [1.54, 1.807) is 25.1 Å². The van der Waals surface area contributed by atoms with E-state index in [1.807, 2.05) is 12.1 Å². The lowest BCUT2D eigenvalue weighted by Gasteiger charge is -2.31. The van der Waals surface area contributed by atoms with E-state index in [4.69, 9.17) is 11.6 Å². The number of hydrogen-bond acceptors (Lipinski definition) is 3. The minimum atomic E-state index is -0.0700. The molecule has 110 valence electrons. The Hall–Kier alpha value is -1.26. The van der Waals surface area contributed by atoms with Crippen molar-refractivity contribution in [3.05, 3.63) is 28.8 Å². The van der Waals surface area contributed by atoms with Crippen molar-refractivity contribution < 1.29 is 4.79 Å². The second kappa shape index (κ2) is 6.46. The minimum Gasteiger partial charge on any atom is -0.381 e. The molecule has 5 heteroatoms. The fourth-order valence-electron chi connectivity index (χ4n) is 2.54. The largest absolute Gasteiger partial charge is 0.381 e. The molecule has 0 bridgehead atoms. The van der Waals surface area contributed by atoms with E-state index in [9.17, 15) is 4.79 Å². The molecule has 1 unspecified atom stereocenters. The molecule has 4 nitrogen and oxygen atoms in total. The Morgan fingerprint density at radius 3 is 2.85 bits per heavy atom. The molecule has 1 N–H and O–H groups in total. The minimum absolute atomic E-state index is 0.0700. The van der Waals surface area contributed by atoms with Gasteiger partial charge in [-0.05, 0) is 44.6 Å². The summed E-state index contributed by atoms with van der Waals surface area (Å²) in [7, 11) is 5.60. The highest BCUT2D eigenvalue weighted by molar-refractivity contribution is 6.34. The number of carbonyl (C=O) groups is 1. The van der Waals surface area contributed by atoms with Crippen molar-refractivity contribution in [1.29, 1.82) is 0 Å². The molecule has 0 radical (unpaired) electrons. The van der Waals surface area contributed by atoms with Crippen LogP contribution in [-0.2, 0) is 0 Å². The Bertz CT molecular complexity index is 490. The standard InChI is InChI=1S/C15H22ClN3O/c1-18(2)15(20)13-9-11(6-7-14(13)16)17-12-5-4-8-19(3)10-12/h6-7,9,12,17H,4-5,8,10H2,1-3H3. The first-order valence-electron chi connectivity index (χ1n) is 6.93. The quantitative estimate of drug-likeness (QED) is 0.931. The van der Waals surface area contributed by atoms with Crippen LogP contribution in [0, 0.1) is 0 Å². The first-order valence-corrected chi connectivity index (χ1v) is 7.31. The van der Waals surface area contributed by atoms with Crippen molar-refractivity contribution in [1.82, 2.24) is 9.80 Å². The van der Waals surface area contributed by atoms with E-state index in [2.05, 4.69) is 17.3 Å². The molecule has 1 atom stereocenters. The van der Waals surface area contributed by atoms with Gasteiger partial charge in [0.25, 0.3) is 5.91 Å². The SMILES string of the molecule is CN1CCCC(Nc2ccc(Cl)c(C(=O)N(C)C)c2)C1. The molecule has 1 aromatic rings. The fourth-order valence-corrected chi connectivity index (χ4v) is 2.74. The number of rotatable bonds is 3. The number of likely N-dealkylation sites (N-methyl/N-ethyl adjacent to an activating group) is 1. The van der Waals surface area contributed by atoms with Gasteiger partial charge < -0.3 is 15.1 Å². The van der Waals surface area contributed by atoms with E-state index in [0.717, 1.165) is 25.2 Å². The van der Waals surface area contributed by atoms with Crippen LogP contribution in [0.3, 0.4) is 0 Å². The van der Waals surface area contributed by atoms with Gasteiger partial charge in [0.2, 0.25) is 0 Å². The zero-order valence-electron chi connectivity index (χ0n) is 12.3. The molecule has 1 saturated heterocycles. The van der Waals surface area contributed by atoms with Gasteiger partial charge in [0.1, 0.15) is 0 Å². The maximum Gasteiger partial charge on any atom is 0.254 e. The third kappa shape index (κ3) is 3.64. The maximum absolute atomic E-state index is 12.1. The van der Waals surface area contributed by atoms with Gasteiger partial charge in [-0.3, -0.25) is 4.79 Å². The number of hydrogen-bond donors (Lipinski definition) is 1. The maximum atomic E-state index is 12.1. The zero-order chi connectivity index (χ0) is 14.7. The summed E-state index contributed by atoms with van der Waals surface area (Å²) in [6.07, 6.45) is 2.36. The average molecular weight is 296 g/mol. The van der Waals surface area contributed by atoms with Gasteiger partial charge in [-0.25, -0.2) is 0 Å². The van der Waals surface area contributed by atoms with Gasteiger partial charge >= 0.3 is 0 Å². The topological polar surface area (TPSA) is 35.6 Å². The summed E-state index contributed by atoms with van der Waals surface area (Å²) in [5.41, 5.74) is 1.51. The van der Waals surface area contributed by atoms with E-state index in [0.29, 0.717) is 16.6 Å². The first kappa shape index (κ1) is 15.1. The average Bonchev–Trinajstić information content (AvgIpc) is 2.40. The molecule has 1 heterocycles. The number of carbonyl (C=O) groups excluding carboxylic acids is 1. The van der Waals surface area contributed by atoms with Crippen molar-refractivity contribution in [2.45, 2.75) is 18.9 Å². The van der Waals surface area contributed by atoms with Crippen LogP contribution in [0.15, 0.2) is 18.2 Å². The number of nitrogens with zero attached hydrogens (tertiary/aromatic N) is 2. The van der Waals surface area contributed by atoms with E-state index in [1.165, 1.54) is 6.42 Å². The molecular weight excluding hydrogens is 274 g/mol. The Labute approximate surface area is 125 Å². The number of halogens is 1. The van der Waals surface area contributed by atoms with Crippen LogP contribution in [-0.4, -0.2) is 56.0 Å². The summed E-state index contributed by atoms with van der Waals surface area (Å²) in [5.74, 6) is -0.0700. The summed E-state index contributed by atoms with van der Waals surface area (Å²) in [5, 5.41) is 4.00. The van der Waals surface area contributed by atoms with Crippen LogP contribution in [0.5, 0.6) is 0 Å². The van der Waals surface area contributed by atoms with Gasteiger partial charge in [0.05, 0.1) is 10.6 Å². The van der Waals surface area contributed by atoms with Gasteiger partial charge in [0.15, 0.2) is 0 Å². The second-order valence-corrected chi connectivity index (χ2v) is 6.05. The summed E-state index contributed by atoms with van der Waals surface area (Å²) >= 11 is 6.12. The number of amides is 1. The lowest BCUT2D eigenvalue weighted by atomic mass is 10.1. The second-order valence-electron chi connectivity index (χ2n) is 5.64. The molecule has 1 aliphatic heterocycles. The highest BCUT2D eigenvalue weighted by atomic mass is 35.5. The van der Waals surface area contributed by atoms with E-state index in [-0.39, 0.29) is 5.91 Å². The summed E-state index contributed by atoms with van der Waals surface area (Å²) in [6, 6.07) is 5.99. The number of piperidine rings is 1. The lowest BCUT2D eigenvalue weighted by Crippen LogP contribution is -2.39. The van der Waals surface area contributed by atoms with Crippen molar-refractivity contribution in [3.63, 3.8) is 0 Å². The Morgan fingerprint density at radius 1 is 1.45 bits per heavy atom. The third-order valence-corrected chi connectivity index (χ3v) is 3.93. The fraction of sp³-hybridized carbons (Fsp3) is 0.533. The van der Waals surface area contributed by atoms with Crippen molar-refractivity contribution in [2.24, 2.45) is 0 Å². The monoisotopic (exact) mass is 295 g/mol. The molecule has 0 aromatic heterocycles. The Balaban J connectivity index is 2.13. The van der Waals surface area contributed by atoms with E-state index < -0.39 is 0 Å². The first-order chi connectivity index (χ1) is 9.47. The van der Waals surface area contributed by atoms with Crippen molar-refractivity contribution >= 4 is 23.2 Å². The number of likely N-dealkylation sites (tertiary alicyclic amines) is 1. The third-order valence-electron chi connectivity index (χ3n) is 3.60. The number of benzene rings is 1.